The molecular weight excluding hydrogens is 210 g/mol. The molecule has 1 atom stereocenters. The number of hydrogen-bond donors (Lipinski definition) is 1. The molecule has 0 aromatic heterocycles. The van der Waals surface area contributed by atoms with E-state index in [1.54, 1.807) is 20.8 Å². The molecule has 1 aliphatic carbocycles. The second kappa shape index (κ2) is 4.72. The zero-order chi connectivity index (χ0) is 13.3. The normalized spacial score (nSPS) is 20.4. The molecule has 0 radical (unpaired) electrons. The number of rotatable bonds is 3. The Hall–Kier alpha value is -1.26. The quantitative estimate of drug-likeness (QED) is 0.745. The van der Waals surface area contributed by atoms with Gasteiger partial charge in [-0.25, -0.2) is 9.59 Å². The van der Waals surface area contributed by atoms with E-state index in [1.165, 1.54) is 7.11 Å². The van der Waals surface area contributed by atoms with E-state index >= 15 is 0 Å². The van der Waals surface area contributed by atoms with E-state index in [9.17, 15) is 9.59 Å². The summed E-state index contributed by atoms with van der Waals surface area (Å²) in [6.07, 6.45) is 0.688. The Labute approximate surface area is 96.9 Å². The van der Waals surface area contributed by atoms with Crippen molar-refractivity contribution in [2.45, 2.75) is 45.2 Å². The Morgan fingerprint density at radius 1 is 1.44 bits per heavy atom. The zero-order valence-electron chi connectivity index (χ0n) is 11.1. The van der Waals surface area contributed by atoms with Crippen LogP contribution in [0, 0.1) is 5.92 Å². The lowest BCUT2D eigenvalue weighted by Crippen LogP contribution is -2.45. The SMILES string of the molecule is [2H]C(NC(=O)OC(C)(C)C)(C(=O)OC)C1CC1. The lowest BCUT2D eigenvalue weighted by molar-refractivity contribution is -0.143. The van der Waals surface area contributed by atoms with Crippen LogP contribution in [0.1, 0.15) is 35.0 Å². The number of carbonyl (C=O) groups excluding carboxylic acids is 2. The minimum Gasteiger partial charge on any atom is -0.467 e. The second-order valence-electron chi connectivity index (χ2n) is 4.81. The van der Waals surface area contributed by atoms with Crippen LogP contribution in [-0.2, 0) is 14.3 Å². The van der Waals surface area contributed by atoms with Crippen molar-refractivity contribution in [3.8, 4) is 0 Å². The van der Waals surface area contributed by atoms with Crippen molar-refractivity contribution in [2.75, 3.05) is 7.11 Å². The topological polar surface area (TPSA) is 64.6 Å². The van der Waals surface area contributed by atoms with Gasteiger partial charge in [0.15, 0.2) is 0 Å². The predicted molar refractivity (Wildman–Crippen MR) is 57.9 cm³/mol. The van der Waals surface area contributed by atoms with E-state index in [4.69, 9.17) is 6.11 Å². The largest absolute Gasteiger partial charge is 0.467 e. The number of amides is 1. The fourth-order valence-electron chi connectivity index (χ4n) is 1.22. The number of carbonyl (C=O) groups is 2. The first-order valence-corrected chi connectivity index (χ1v) is 5.28. The molecule has 92 valence electrons. The molecule has 1 rings (SSSR count). The summed E-state index contributed by atoms with van der Waals surface area (Å²) in [6.45, 7) is 5.15. The summed E-state index contributed by atoms with van der Waals surface area (Å²) in [4.78, 5) is 23.1. The molecule has 1 saturated carbocycles. The second-order valence-corrected chi connectivity index (χ2v) is 4.81. The highest BCUT2D eigenvalue weighted by atomic mass is 16.6. The van der Waals surface area contributed by atoms with Gasteiger partial charge in [-0.05, 0) is 39.5 Å². The minimum absolute atomic E-state index is 0.192. The number of nitrogens with one attached hydrogen (secondary N) is 1. The maximum atomic E-state index is 11.6. The van der Waals surface area contributed by atoms with Crippen molar-refractivity contribution in [2.24, 2.45) is 5.92 Å². The molecule has 0 aromatic carbocycles. The van der Waals surface area contributed by atoms with E-state index in [2.05, 4.69) is 10.1 Å². The van der Waals surface area contributed by atoms with Gasteiger partial charge in [0, 0.05) is 0 Å². The number of ether oxygens (including phenoxy) is 2. The van der Waals surface area contributed by atoms with Crippen LogP contribution in [0.3, 0.4) is 0 Å². The minimum atomic E-state index is -1.73. The molecule has 0 aliphatic heterocycles. The Bertz CT molecular complexity index is 322. The maximum absolute atomic E-state index is 11.6. The van der Waals surface area contributed by atoms with Gasteiger partial charge in [-0.15, -0.1) is 0 Å². The summed E-state index contributed by atoms with van der Waals surface area (Å²) < 4.78 is 17.6. The highest BCUT2D eigenvalue weighted by Crippen LogP contribution is 2.33. The van der Waals surface area contributed by atoms with Crippen molar-refractivity contribution in [1.82, 2.24) is 5.32 Å². The van der Waals surface area contributed by atoms with Crippen LogP contribution in [0.15, 0.2) is 0 Å². The lowest BCUT2D eigenvalue weighted by atomic mass is 10.2. The summed E-state index contributed by atoms with van der Waals surface area (Å²) in [7, 11) is 1.20. The number of esters is 1. The fourth-order valence-corrected chi connectivity index (χ4v) is 1.22. The van der Waals surface area contributed by atoms with Gasteiger partial charge in [-0.1, -0.05) is 0 Å². The average molecular weight is 230 g/mol. The molecule has 0 saturated heterocycles. The van der Waals surface area contributed by atoms with Crippen molar-refractivity contribution < 1.29 is 20.4 Å². The van der Waals surface area contributed by atoms with Gasteiger partial charge in [-0.3, -0.25) is 0 Å². The molecule has 0 spiro atoms. The first-order valence-electron chi connectivity index (χ1n) is 5.78. The summed E-state index contributed by atoms with van der Waals surface area (Å²) >= 11 is 0. The first-order chi connectivity index (χ1) is 7.69. The number of hydrogen-bond acceptors (Lipinski definition) is 4. The van der Waals surface area contributed by atoms with Gasteiger partial charge in [0.2, 0.25) is 0 Å². The Morgan fingerprint density at radius 3 is 2.38 bits per heavy atom. The Kier molecular flexibility index (Phi) is 3.31. The van der Waals surface area contributed by atoms with Gasteiger partial charge in [0.25, 0.3) is 0 Å². The molecule has 1 aliphatic rings. The van der Waals surface area contributed by atoms with Crippen LogP contribution in [0.4, 0.5) is 4.79 Å². The van der Waals surface area contributed by atoms with Crippen molar-refractivity contribution >= 4 is 12.1 Å². The Morgan fingerprint density at radius 2 is 2.00 bits per heavy atom. The summed E-state index contributed by atoms with van der Waals surface area (Å²) in [5.41, 5.74) is -0.662. The standard InChI is InChI=1S/C11H19NO4/c1-11(2,3)16-10(14)12-8(7-5-6-7)9(13)15-4/h7-8H,5-6H2,1-4H3,(H,12,14)/i8D. The smallest absolute Gasteiger partial charge is 0.408 e. The molecule has 1 amide bonds. The summed E-state index contributed by atoms with van der Waals surface area (Å²) in [5.74, 6) is -0.951. The van der Waals surface area contributed by atoms with Crippen molar-refractivity contribution in [1.29, 1.82) is 0 Å². The van der Waals surface area contributed by atoms with Gasteiger partial charge in [0.1, 0.15) is 11.6 Å². The van der Waals surface area contributed by atoms with Crippen LogP contribution in [0.25, 0.3) is 0 Å². The van der Waals surface area contributed by atoms with Crippen LogP contribution in [0.5, 0.6) is 0 Å². The molecule has 1 N–H and O–H groups in total. The van der Waals surface area contributed by atoms with E-state index in [0.29, 0.717) is 0 Å². The number of alkyl carbamates (subject to hydrolysis) is 1. The molecule has 0 bridgehead atoms. The average Bonchev–Trinajstić information content (AvgIpc) is 2.95. The van der Waals surface area contributed by atoms with Gasteiger partial charge in [0.05, 0.1) is 8.48 Å². The predicted octanol–water partition coefficient (Wildman–Crippen LogP) is 1.46. The molecule has 0 aromatic rings. The van der Waals surface area contributed by atoms with Gasteiger partial charge >= 0.3 is 12.1 Å². The zero-order valence-corrected chi connectivity index (χ0v) is 10.1. The highest BCUT2D eigenvalue weighted by Gasteiger charge is 2.38. The molecule has 0 heterocycles. The first kappa shape index (κ1) is 11.2. The maximum Gasteiger partial charge on any atom is 0.408 e. The van der Waals surface area contributed by atoms with Crippen LogP contribution in [-0.4, -0.2) is 30.8 Å². The third-order valence-corrected chi connectivity index (χ3v) is 2.03. The molecule has 5 heteroatoms. The van der Waals surface area contributed by atoms with E-state index in [-0.39, 0.29) is 5.92 Å². The van der Waals surface area contributed by atoms with E-state index < -0.39 is 23.7 Å². The van der Waals surface area contributed by atoms with Crippen LogP contribution < -0.4 is 5.32 Å². The third kappa shape index (κ3) is 4.08. The van der Waals surface area contributed by atoms with Crippen LogP contribution in [0.2, 0.25) is 0 Å². The van der Waals surface area contributed by atoms with Gasteiger partial charge < -0.3 is 14.8 Å². The molecule has 16 heavy (non-hydrogen) atoms. The van der Waals surface area contributed by atoms with E-state index in [1.807, 2.05) is 0 Å². The van der Waals surface area contributed by atoms with E-state index in [0.717, 1.165) is 12.8 Å². The Balaban J connectivity index is 2.68. The van der Waals surface area contributed by atoms with Gasteiger partial charge in [-0.2, -0.15) is 0 Å². The summed E-state index contributed by atoms with van der Waals surface area (Å²) in [5, 5.41) is 2.29. The van der Waals surface area contributed by atoms with Crippen LogP contribution >= 0.6 is 0 Å². The molecule has 5 nitrogen and oxygen atoms in total. The monoisotopic (exact) mass is 230 g/mol. The fraction of sp³-hybridized carbons (Fsp3) is 0.818. The van der Waals surface area contributed by atoms with Crippen molar-refractivity contribution in [3.05, 3.63) is 0 Å². The van der Waals surface area contributed by atoms with Crippen molar-refractivity contribution in [3.63, 3.8) is 0 Å². The molecule has 1 fully saturated rings. The third-order valence-electron chi connectivity index (χ3n) is 2.03. The lowest BCUT2D eigenvalue weighted by Gasteiger charge is -2.22. The summed E-state index contributed by atoms with van der Waals surface area (Å²) in [6, 6.07) is -1.73. The molecular formula is C11H19NO4. The highest BCUT2D eigenvalue weighted by molar-refractivity contribution is 5.82. The molecule has 1 unspecified atom stereocenters. The number of methoxy groups -OCH3 is 1.